The van der Waals surface area contributed by atoms with Gasteiger partial charge < -0.3 is 24.2 Å². The lowest BCUT2D eigenvalue weighted by molar-refractivity contribution is -0.154. The van der Waals surface area contributed by atoms with Crippen molar-refractivity contribution in [2.45, 2.75) is 246 Å². The number of hydrogen-bond acceptors (Lipinski definition) is 7. The van der Waals surface area contributed by atoms with Crippen molar-refractivity contribution in [3.8, 4) is 0 Å². The molecule has 0 saturated heterocycles. The lowest BCUT2D eigenvalue weighted by atomic mass is 10.0. The van der Waals surface area contributed by atoms with E-state index in [9.17, 15) is 14.7 Å². The van der Waals surface area contributed by atoms with Gasteiger partial charge in [-0.25, -0.2) is 4.79 Å². The van der Waals surface area contributed by atoms with Gasteiger partial charge in [-0.05, 0) is 70.9 Å². The summed E-state index contributed by atoms with van der Waals surface area (Å²) in [6.07, 6.45) is 39.0. The highest BCUT2D eigenvalue weighted by atomic mass is 16.7. The molecule has 0 aliphatic carbocycles. The fourth-order valence-electron chi connectivity index (χ4n) is 7.31. The number of nitrogens with zero attached hydrogens (tertiary/aromatic N) is 1. The second-order valence-electron chi connectivity index (χ2n) is 16.4. The Morgan fingerprint density at radius 1 is 0.463 bits per heavy atom. The van der Waals surface area contributed by atoms with Gasteiger partial charge in [-0.15, -0.1) is 0 Å². The van der Waals surface area contributed by atoms with Crippen LogP contribution in [0, 0.1) is 5.92 Å². The number of unbranched alkanes of at least 4 members (excludes halogenated alkanes) is 25. The SMILES string of the molecule is CCCCCCCCCCOC(=O)OCCCCCCN(CCO)CCCCCCC(C)C(=O)OC(CCCCCCCCC)CCCCCCCCC. The maximum atomic E-state index is 13.1. The van der Waals surface area contributed by atoms with Crippen LogP contribution in [0.15, 0.2) is 0 Å². The van der Waals surface area contributed by atoms with Crippen LogP contribution in [0.25, 0.3) is 0 Å². The van der Waals surface area contributed by atoms with E-state index in [0.29, 0.717) is 13.2 Å². The van der Waals surface area contributed by atoms with Crippen LogP contribution in [-0.2, 0) is 19.0 Å². The first-order chi connectivity index (χ1) is 26.5. The van der Waals surface area contributed by atoms with Crippen LogP contribution in [0.4, 0.5) is 4.79 Å². The van der Waals surface area contributed by atoms with Crippen LogP contribution in [0.3, 0.4) is 0 Å². The molecule has 322 valence electrons. The predicted molar refractivity (Wildman–Crippen MR) is 229 cm³/mol. The number of carbonyl (C=O) groups is 2. The predicted octanol–water partition coefficient (Wildman–Crippen LogP) is 13.9. The van der Waals surface area contributed by atoms with Gasteiger partial charge in [0.05, 0.1) is 25.7 Å². The van der Waals surface area contributed by atoms with Crippen molar-refractivity contribution in [1.82, 2.24) is 4.90 Å². The van der Waals surface area contributed by atoms with E-state index in [0.717, 1.165) is 103 Å². The summed E-state index contributed by atoms with van der Waals surface area (Å²) >= 11 is 0. The highest BCUT2D eigenvalue weighted by Gasteiger charge is 2.19. The molecule has 0 aliphatic rings. The van der Waals surface area contributed by atoms with Crippen molar-refractivity contribution in [3.63, 3.8) is 0 Å². The number of rotatable bonds is 43. The second-order valence-corrected chi connectivity index (χ2v) is 16.4. The Hall–Kier alpha value is -1.34. The van der Waals surface area contributed by atoms with Crippen molar-refractivity contribution in [2.75, 3.05) is 39.5 Å². The third kappa shape index (κ3) is 37.6. The molecule has 7 heteroatoms. The zero-order valence-corrected chi connectivity index (χ0v) is 36.7. The highest BCUT2D eigenvalue weighted by molar-refractivity contribution is 5.72. The number of carbonyl (C=O) groups excluding carboxylic acids is 2. The Morgan fingerprint density at radius 3 is 1.22 bits per heavy atom. The van der Waals surface area contributed by atoms with Crippen molar-refractivity contribution in [3.05, 3.63) is 0 Å². The molecule has 0 radical (unpaired) electrons. The number of esters is 1. The van der Waals surface area contributed by atoms with Gasteiger partial charge in [-0.3, -0.25) is 4.79 Å². The maximum Gasteiger partial charge on any atom is 0.508 e. The highest BCUT2D eigenvalue weighted by Crippen LogP contribution is 2.20. The van der Waals surface area contributed by atoms with Gasteiger partial charge in [0.15, 0.2) is 0 Å². The standard InChI is InChI=1S/C47H93NO6/c1-5-8-11-14-17-20-26-33-42-52-47(51)53-43-34-27-25-32-39-48(40-41-49)38-31-24-23-28-35-44(4)46(50)54-45(36-29-21-18-15-12-9-6-2)37-30-22-19-16-13-10-7-3/h44-45,49H,5-43H2,1-4H3. The molecule has 54 heavy (non-hydrogen) atoms. The van der Waals surface area contributed by atoms with E-state index >= 15 is 0 Å². The monoisotopic (exact) mass is 768 g/mol. The number of aliphatic hydroxyl groups excluding tert-OH is 1. The number of ether oxygens (including phenoxy) is 3. The molecule has 0 aliphatic heterocycles. The molecule has 0 aromatic rings. The third-order valence-corrected chi connectivity index (χ3v) is 11.0. The normalized spacial score (nSPS) is 12.1. The van der Waals surface area contributed by atoms with Crippen molar-refractivity contribution in [1.29, 1.82) is 0 Å². The third-order valence-electron chi connectivity index (χ3n) is 11.0. The fraction of sp³-hybridized carbons (Fsp3) is 0.957. The van der Waals surface area contributed by atoms with Gasteiger partial charge in [0.25, 0.3) is 0 Å². The minimum absolute atomic E-state index is 0.0144. The molecule has 0 saturated carbocycles. The van der Waals surface area contributed by atoms with E-state index in [2.05, 4.69) is 32.6 Å². The molecule has 0 heterocycles. The quantitative estimate of drug-likeness (QED) is 0.0488. The molecule has 1 N–H and O–H groups in total. The molecule has 0 aromatic heterocycles. The Kier molecular flexibility index (Phi) is 41.7. The average Bonchev–Trinajstić information content (AvgIpc) is 3.17. The molecule has 0 fully saturated rings. The van der Waals surface area contributed by atoms with Gasteiger partial charge in [0.2, 0.25) is 0 Å². The summed E-state index contributed by atoms with van der Waals surface area (Å²) in [7, 11) is 0. The largest absolute Gasteiger partial charge is 0.508 e. The van der Waals surface area contributed by atoms with E-state index in [-0.39, 0.29) is 24.6 Å². The van der Waals surface area contributed by atoms with Crippen molar-refractivity contribution >= 4 is 12.1 Å². The van der Waals surface area contributed by atoms with Crippen molar-refractivity contribution < 1.29 is 28.9 Å². The van der Waals surface area contributed by atoms with Crippen LogP contribution in [0.2, 0.25) is 0 Å². The molecule has 0 bridgehead atoms. The van der Waals surface area contributed by atoms with Gasteiger partial charge in [0.1, 0.15) is 6.10 Å². The lowest BCUT2D eigenvalue weighted by Crippen LogP contribution is -2.29. The van der Waals surface area contributed by atoms with E-state index in [4.69, 9.17) is 14.2 Å². The minimum atomic E-state index is -0.529. The summed E-state index contributed by atoms with van der Waals surface area (Å²) in [4.78, 5) is 27.3. The zero-order valence-electron chi connectivity index (χ0n) is 36.7. The van der Waals surface area contributed by atoms with Gasteiger partial charge >= 0.3 is 12.1 Å². The van der Waals surface area contributed by atoms with E-state index in [1.165, 1.54) is 128 Å². The van der Waals surface area contributed by atoms with Crippen LogP contribution < -0.4 is 0 Å². The summed E-state index contributed by atoms with van der Waals surface area (Å²) < 4.78 is 16.6. The summed E-state index contributed by atoms with van der Waals surface area (Å²) in [6, 6.07) is 0. The Labute approximate surface area is 336 Å². The van der Waals surface area contributed by atoms with Gasteiger partial charge in [-0.2, -0.15) is 0 Å². The Morgan fingerprint density at radius 2 is 0.815 bits per heavy atom. The summed E-state index contributed by atoms with van der Waals surface area (Å²) in [5, 5.41) is 9.58. The zero-order chi connectivity index (χ0) is 39.6. The Bertz CT molecular complexity index is 761. The van der Waals surface area contributed by atoms with Crippen LogP contribution in [0.5, 0.6) is 0 Å². The molecule has 0 rings (SSSR count). The van der Waals surface area contributed by atoms with E-state index in [1.54, 1.807) is 0 Å². The van der Waals surface area contributed by atoms with E-state index < -0.39 is 6.16 Å². The molecule has 1 atom stereocenters. The number of aliphatic hydroxyl groups is 1. The molecule has 1 unspecified atom stereocenters. The second kappa shape index (κ2) is 42.8. The molecular formula is C47H93NO6. The topological polar surface area (TPSA) is 85.3 Å². The summed E-state index contributed by atoms with van der Waals surface area (Å²) in [6.45, 7) is 12.6. The summed E-state index contributed by atoms with van der Waals surface area (Å²) in [5.74, 6) is -0.0159. The van der Waals surface area contributed by atoms with E-state index in [1.807, 2.05) is 0 Å². The molecule has 0 amide bonds. The molecule has 0 spiro atoms. The molecule has 0 aromatic carbocycles. The van der Waals surface area contributed by atoms with Crippen molar-refractivity contribution in [2.24, 2.45) is 5.92 Å². The van der Waals surface area contributed by atoms with Gasteiger partial charge in [-0.1, -0.05) is 182 Å². The first kappa shape index (κ1) is 52.7. The lowest BCUT2D eigenvalue weighted by Gasteiger charge is -2.21. The average molecular weight is 768 g/mol. The Balaban J connectivity index is 4.09. The maximum absolute atomic E-state index is 13.1. The number of hydrogen-bond donors (Lipinski definition) is 1. The van der Waals surface area contributed by atoms with Gasteiger partial charge in [0, 0.05) is 6.54 Å². The van der Waals surface area contributed by atoms with Crippen LogP contribution in [0.1, 0.15) is 240 Å². The molecule has 7 nitrogen and oxygen atoms in total. The smallest absolute Gasteiger partial charge is 0.462 e. The molecular weight excluding hydrogens is 675 g/mol. The fourth-order valence-corrected chi connectivity index (χ4v) is 7.31. The first-order valence-corrected chi connectivity index (χ1v) is 23.8. The minimum Gasteiger partial charge on any atom is -0.462 e. The van der Waals surface area contributed by atoms with Crippen LogP contribution >= 0.6 is 0 Å². The van der Waals surface area contributed by atoms with Crippen LogP contribution in [-0.4, -0.2) is 67.7 Å². The first-order valence-electron chi connectivity index (χ1n) is 23.8. The summed E-state index contributed by atoms with van der Waals surface area (Å²) in [5.41, 5.74) is 0.